The molecule has 24 heavy (non-hydrogen) atoms. The van der Waals surface area contributed by atoms with Gasteiger partial charge < -0.3 is 19.2 Å². The van der Waals surface area contributed by atoms with Crippen LogP contribution < -0.4 is 14.8 Å². The summed E-state index contributed by atoms with van der Waals surface area (Å²) in [6.45, 7) is 0.603. The highest BCUT2D eigenvalue weighted by Crippen LogP contribution is 2.42. The number of ether oxygens (including phenoxy) is 2. The second-order valence-electron chi connectivity index (χ2n) is 5.20. The van der Waals surface area contributed by atoms with Crippen molar-refractivity contribution in [1.29, 1.82) is 0 Å². The van der Waals surface area contributed by atoms with E-state index >= 15 is 0 Å². The van der Waals surface area contributed by atoms with E-state index < -0.39 is 0 Å². The number of rotatable bonds is 5. The predicted molar refractivity (Wildman–Crippen MR) is 90.0 cm³/mol. The van der Waals surface area contributed by atoms with Crippen molar-refractivity contribution in [2.75, 3.05) is 19.0 Å². The molecule has 7 heteroatoms. The Kier molecular flexibility index (Phi) is 3.70. The maximum absolute atomic E-state index is 12.0. The van der Waals surface area contributed by atoms with Crippen molar-refractivity contribution in [2.45, 2.75) is 6.54 Å². The number of Topliss-reactive ketones (excluding diaryl/α,β-unsaturated/α-hetero) is 1. The van der Waals surface area contributed by atoms with E-state index in [2.05, 4.69) is 10.3 Å². The summed E-state index contributed by atoms with van der Waals surface area (Å²) in [6.07, 6.45) is 1.64. The molecule has 0 unspecified atom stereocenters. The summed E-state index contributed by atoms with van der Waals surface area (Å²) in [6, 6.07) is 7.38. The average Bonchev–Trinajstić information content (AvgIpc) is 3.33. The number of methoxy groups -OCH3 is 1. The quantitative estimate of drug-likeness (QED) is 0.764. The maximum atomic E-state index is 12.0. The Bertz CT molecular complexity index is 886. The second-order valence-corrected chi connectivity index (χ2v) is 6.06. The number of anilines is 1. The van der Waals surface area contributed by atoms with Crippen molar-refractivity contribution in [2.24, 2.45) is 0 Å². The fourth-order valence-electron chi connectivity index (χ4n) is 2.61. The first kappa shape index (κ1) is 14.8. The van der Waals surface area contributed by atoms with Gasteiger partial charge in [0.15, 0.2) is 11.7 Å². The first-order valence-corrected chi connectivity index (χ1v) is 8.23. The molecule has 122 valence electrons. The molecule has 1 N–H and O–H groups in total. The zero-order valence-corrected chi connectivity index (χ0v) is 13.7. The number of benzene rings is 1. The smallest absolute Gasteiger partial charge is 0.207 e. The number of hydrogen-bond donors (Lipinski definition) is 1. The number of nitrogens with one attached hydrogen (secondary N) is 1. The molecular formula is C17H14N2O4S. The minimum atomic E-state index is -0.0740. The summed E-state index contributed by atoms with van der Waals surface area (Å²) in [5.74, 6) is 1.84. The molecule has 0 spiro atoms. The Morgan fingerprint density at radius 2 is 2.29 bits per heavy atom. The summed E-state index contributed by atoms with van der Waals surface area (Å²) in [4.78, 5) is 16.6. The highest BCUT2D eigenvalue weighted by molar-refractivity contribution is 7.14. The Balaban J connectivity index is 1.62. The van der Waals surface area contributed by atoms with Crippen LogP contribution >= 0.6 is 11.3 Å². The van der Waals surface area contributed by atoms with Crippen molar-refractivity contribution in [3.05, 3.63) is 47.2 Å². The van der Waals surface area contributed by atoms with Crippen LogP contribution in [0, 0.1) is 0 Å². The number of hydrogen-bond acceptors (Lipinski definition) is 7. The van der Waals surface area contributed by atoms with Gasteiger partial charge in [0.25, 0.3) is 0 Å². The molecule has 6 nitrogen and oxygen atoms in total. The highest BCUT2D eigenvalue weighted by Gasteiger charge is 2.29. The van der Waals surface area contributed by atoms with Crippen LogP contribution in [0.2, 0.25) is 0 Å². The lowest BCUT2D eigenvalue weighted by molar-refractivity contribution is 0.0959. The summed E-state index contributed by atoms with van der Waals surface area (Å²) < 4.78 is 16.1. The molecule has 0 atom stereocenters. The molecule has 0 radical (unpaired) electrons. The van der Waals surface area contributed by atoms with Crippen molar-refractivity contribution in [1.82, 2.24) is 4.98 Å². The van der Waals surface area contributed by atoms with E-state index in [1.54, 1.807) is 19.4 Å². The molecule has 3 heterocycles. The van der Waals surface area contributed by atoms with Crippen molar-refractivity contribution in [3.8, 4) is 22.8 Å². The van der Waals surface area contributed by atoms with Gasteiger partial charge in [-0.25, -0.2) is 4.98 Å². The van der Waals surface area contributed by atoms with Crippen LogP contribution in [0.4, 0.5) is 5.13 Å². The monoisotopic (exact) mass is 342 g/mol. The Morgan fingerprint density at radius 1 is 1.38 bits per heavy atom. The van der Waals surface area contributed by atoms with Crippen LogP contribution in [-0.4, -0.2) is 24.5 Å². The molecule has 1 aromatic carbocycles. The number of fused-ring (bicyclic) bond motifs is 1. The van der Waals surface area contributed by atoms with Gasteiger partial charge in [-0.3, -0.25) is 4.79 Å². The molecular weight excluding hydrogens is 328 g/mol. The molecule has 3 aromatic rings. The first-order chi connectivity index (χ1) is 11.8. The summed E-state index contributed by atoms with van der Waals surface area (Å²) >= 11 is 1.49. The number of carbonyl (C=O) groups is 1. The molecule has 2 aromatic heterocycles. The third-order valence-corrected chi connectivity index (χ3v) is 4.54. The second kappa shape index (κ2) is 6.01. The molecule has 1 aliphatic heterocycles. The van der Waals surface area contributed by atoms with Crippen LogP contribution in [0.3, 0.4) is 0 Å². The minimum Gasteiger partial charge on any atom is -0.496 e. The molecule has 4 rings (SSSR count). The zero-order chi connectivity index (χ0) is 16.5. The Labute approximate surface area is 142 Å². The molecule has 0 amide bonds. The van der Waals surface area contributed by atoms with Crippen LogP contribution in [0.25, 0.3) is 11.3 Å². The summed E-state index contributed by atoms with van der Waals surface area (Å²) in [5.41, 5.74) is 2.04. The Hall–Kier alpha value is -2.80. The number of ketones is 1. The molecule has 0 bridgehead atoms. The standard InChI is InChI=1S/C17H14N2O4S/c1-21-14-5-4-11(16-15(14)13(20)8-23-16)12-9-24-17(19-12)18-7-10-3-2-6-22-10/h2-6,9H,7-8H2,1H3,(H,18,19). The first-order valence-electron chi connectivity index (χ1n) is 7.35. The number of carbonyl (C=O) groups excluding carboxylic acids is 1. The third-order valence-electron chi connectivity index (χ3n) is 3.74. The average molecular weight is 342 g/mol. The van der Waals surface area contributed by atoms with Gasteiger partial charge in [0.05, 0.1) is 25.6 Å². The highest BCUT2D eigenvalue weighted by atomic mass is 32.1. The summed E-state index contributed by atoms with van der Waals surface area (Å²) in [7, 11) is 1.54. The van der Waals surface area contributed by atoms with Crippen molar-refractivity contribution in [3.63, 3.8) is 0 Å². The van der Waals surface area contributed by atoms with Gasteiger partial charge >= 0.3 is 0 Å². The molecule has 0 saturated carbocycles. The van der Waals surface area contributed by atoms with E-state index in [0.29, 0.717) is 23.6 Å². The summed E-state index contributed by atoms with van der Waals surface area (Å²) in [5, 5.41) is 5.92. The minimum absolute atomic E-state index is 0.0381. The van der Waals surface area contributed by atoms with Gasteiger partial charge in [-0.1, -0.05) is 0 Å². The number of furan rings is 1. The lowest BCUT2D eigenvalue weighted by atomic mass is 10.0. The van der Waals surface area contributed by atoms with Gasteiger partial charge in [0.2, 0.25) is 5.78 Å². The topological polar surface area (TPSA) is 73.6 Å². The van der Waals surface area contributed by atoms with E-state index in [1.807, 2.05) is 23.6 Å². The van der Waals surface area contributed by atoms with Crippen LogP contribution in [0.5, 0.6) is 11.5 Å². The third kappa shape index (κ3) is 2.52. The van der Waals surface area contributed by atoms with E-state index in [4.69, 9.17) is 13.9 Å². The van der Waals surface area contributed by atoms with Gasteiger partial charge in [-0.2, -0.15) is 0 Å². The van der Waals surface area contributed by atoms with Gasteiger partial charge in [0, 0.05) is 10.9 Å². The largest absolute Gasteiger partial charge is 0.496 e. The number of aromatic nitrogens is 1. The lowest BCUT2D eigenvalue weighted by Gasteiger charge is -2.08. The van der Waals surface area contributed by atoms with Gasteiger partial charge in [-0.15, -0.1) is 11.3 Å². The van der Waals surface area contributed by atoms with E-state index in [0.717, 1.165) is 22.1 Å². The van der Waals surface area contributed by atoms with Crippen LogP contribution in [-0.2, 0) is 6.54 Å². The van der Waals surface area contributed by atoms with Crippen molar-refractivity contribution < 1.29 is 18.7 Å². The van der Waals surface area contributed by atoms with Gasteiger partial charge in [-0.05, 0) is 24.3 Å². The fraction of sp³-hybridized carbons (Fsp3) is 0.176. The SMILES string of the molecule is COc1ccc(-c2csc(NCc3ccco3)n2)c2c1C(=O)CO2. The van der Waals surface area contributed by atoms with E-state index in [9.17, 15) is 4.79 Å². The fourth-order valence-corrected chi connectivity index (χ4v) is 3.32. The predicted octanol–water partition coefficient (Wildman–Crippen LogP) is 3.60. The van der Waals surface area contributed by atoms with E-state index in [-0.39, 0.29) is 12.4 Å². The zero-order valence-electron chi connectivity index (χ0n) is 12.9. The Morgan fingerprint density at radius 3 is 3.08 bits per heavy atom. The van der Waals surface area contributed by atoms with Crippen LogP contribution in [0.15, 0.2) is 40.3 Å². The maximum Gasteiger partial charge on any atom is 0.207 e. The lowest BCUT2D eigenvalue weighted by Crippen LogP contribution is -2.00. The number of thiazole rings is 1. The molecule has 0 saturated heterocycles. The normalized spacial score (nSPS) is 12.8. The molecule has 1 aliphatic rings. The van der Waals surface area contributed by atoms with Gasteiger partial charge in [0.1, 0.15) is 22.8 Å². The van der Waals surface area contributed by atoms with E-state index in [1.165, 1.54) is 11.3 Å². The number of nitrogens with zero attached hydrogens (tertiary/aromatic N) is 1. The molecule has 0 aliphatic carbocycles. The van der Waals surface area contributed by atoms with Crippen molar-refractivity contribution >= 4 is 22.3 Å². The molecule has 0 fully saturated rings. The van der Waals surface area contributed by atoms with Crippen LogP contribution in [0.1, 0.15) is 16.1 Å².